The third-order valence-corrected chi connectivity index (χ3v) is 6.02. The highest BCUT2D eigenvalue weighted by Gasteiger charge is 2.18. The maximum atomic E-state index is 12.4. The van der Waals surface area contributed by atoms with Crippen LogP contribution in [0.1, 0.15) is 27.9 Å². The summed E-state index contributed by atoms with van der Waals surface area (Å²) in [7, 11) is 0. The Morgan fingerprint density at radius 2 is 1.79 bits per heavy atom. The van der Waals surface area contributed by atoms with E-state index < -0.39 is 5.91 Å². The average molecular weight is 431 g/mol. The van der Waals surface area contributed by atoms with Crippen molar-refractivity contribution in [3.63, 3.8) is 0 Å². The second-order valence-corrected chi connectivity index (χ2v) is 7.72. The monoisotopic (exact) mass is 430 g/mol. The van der Waals surface area contributed by atoms with E-state index in [1.807, 2.05) is 30.3 Å². The molecule has 142 valence electrons. The molecular weight excluding hydrogens is 415 g/mol. The van der Waals surface area contributed by atoms with Crippen LogP contribution in [0.5, 0.6) is 0 Å². The Kier molecular flexibility index (Phi) is 6.29. The highest BCUT2D eigenvalue weighted by Crippen LogP contribution is 2.29. The van der Waals surface area contributed by atoms with Crippen molar-refractivity contribution in [1.82, 2.24) is 4.57 Å². The number of hydrogen-bond donors (Lipinski definition) is 0. The van der Waals surface area contributed by atoms with Crippen LogP contribution < -0.4 is 4.80 Å². The van der Waals surface area contributed by atoms with Gasteiger partial charge in [-0.3, -0.25) is 14.2 Å². The van der Waals surface area contributed by atoms with Crippen LogP contribution >= 0.6 is 34.5 Å². The molecule has 0 saturated carbocycles. The first kappa shape index (κ1) is 20.3. The zero-order chi connectivity index (χ0) is 20.3. The van der Waals surface area contributed by atoms with E-state index in [2.05, 4.69) is 4.99 Å². The van der Waals surface area contributed by atoms with Crippen LogP contribution in [-0.2, 0) is 4.79 Å². The maximum absolute atomic E-state index is 12.4. The van der Waals surface area contributed by atoms with Gasteiger partial charge in [0.2, 0.25) is 0 Å². The molecule has 28 heavy (non-hydrogen) atoms. The Bertz CT molecular complexity index is 1140. The fourth-order valence-corrected chi connectivity index (χ4v) is 4.07. The number of thiazole rings is 1. The van der Waals surface area contributed by atoms with E-state index in [9.17, 15) is 9.59 Å². The largest absolute Gasteiger partial charge is 0.294 e. The Hall–Kier alpha value is -2.47. The molecule has 0 spiro atoms. The molecule has 0 aliphatic heterocycles. The normalized spacial score (nSPS) is 11.9. The summed E-state index contributed by atoms with van der Waals surface area (Å²) in [6.45, 7) is 3.26. The number of nitrogens with zero attached hydrogens (tertiary/aromatic N) is 2. The highest BCUT2D eigenvalue weighted by molar-refractivity contribution is 7.11. The van der Waals surface area contributed by atoms with Gasteiger partial charge in [0.1, 0.15) is 0 Å². The molecule has 0 atom stereocenters. The molecule has 7 heteroatoms. The lowest BCUT2D eigenvalue weighted by atomic mass is 10.2. The molecule has 0 N–H and O–H groups in total. The molecule has 1 amide bonds. The van der Waals surface area contributed by atoms with Crippen LogP contribution in [0.2, 0.25) is 10.0 Å². The van der Waals surface area contributed by atoms with Gasteiger partial charge in [-0.25, -0.2) is 0 Å². The molecule has 0 saturated heterocycles. The van der Waals surface area contributed by atoms with Crippen LogP contribution in [0.3, 0.4) is 0 Å². The van der Waals surface area contributed by atoms with Gasteiger partial charge >= 0.3 is 0 Å². The van der Waals surface area contributed by atoms with Crippen molar-refractivity contribution in [2.75, 3.05) is 0 Å². The lowest BCUT2D eigenvalue weighted by molar-refractivity contribution is -0.113. The lowest BCUT2D eigenvalue weighted by Crippen LogP contribution is -2.16. The lowest BCUT2D eigenvalue weighted by Gasteiger charge is -2.09. The fourth-order valence-electron chi connectivity index (χ4n) is 2.67. The topological polar surface area (TPSA) is 51.4 Å². The van der Waals surface area contributed by atoms with E-state index in [0.717, 1.165) is 16.9 Å². The molecule has 0 aliphatic carbocycles. The summed E-state index contributed by atoms with van der Waals surface area (Å²) in [6.07, 6.45) is 3.08. The molecule has 0 aliphatic rings. The van der Waals surface area contributed by atoms with Crippen LogP contribution in [0, 0.1) is 6.92 Å². The van der Waals surface area contributed by atoms with Crippen molar-refractivity contribution in [2.45, 2.75) is 13.8 Å². The summed E-state index contributed by atoms with van der Waals surface area (Å²) in [6, 6.07) is 14.6. The van der Waals surface area contributed by atoms with Gasteiger partial charge in [-0.2, -0.15) is 4.99 Å². The van der Waals surface area contributed by atoms with Crippen LogP contribution in [0.25, 0.3) is 11.8 Å². The Balaban J connectivity index is 2.12. The Morgan fingerprint density at radius 3 is 2.46 bits per heavy atom. The number of ketones is 1. The van der Waals surface area contributed by atoms with Gasteiger partial charge in [-0.1, -0.05) is 70.9 Å². The van der Waals surface area contributed by atoms with E-state index in [-0.39, 0.29) is 5.78 Å². The minimum atomic E-state index is -0.438. The van der Waals surface area contributed by atoms with Gasteiger partial charge in [0, 0.05) is 18.7 Å². The molecule has 0 radical (unpaired) electrons. The summed E-state index contributed by atoms with van der Waals surface area (Å²) in [4.78, 5) is 29.5. The van der Waals surface area contributed by atoms with E-state index in [4.69, 9.17) is 23.2 Å². The van der Waals surface area contributed by atoms with E-state index in [1.165, 1.54) is 13.0 Å². The van der Waals surface area contributed by atoms with Crippen LogP contribution in [-0.4, -0.2) is 16.3 Å². The molecule has 1 aromatic heterocycles. The smallest absolute Gasteiger partial charge is 0.272 e. The number of Topliss-reactive ketones (excluding diaryl/α,β-unsaturated/α-hetero) is 1. The molecule has 3 aromatic rings. The average Bonchev–Trinajstić information content (AvgIpc) is 2.99. The van der Waals surface area contributed by atoms with Gasteiger partial charge in [0.15, 0.2) is 10.6 Å². The van der Waals surface area contributed by atoms with Crippen LogP contribution in [0.15, 0.2) is 59.6 Å². The number of rotatable bonds is 4. The molecule has 2 aromatic carbocycles. The minimum Gasteiger partial charge on any atom is -0.294 e. The van der Waals surface area contributed by atoms with Gasteiger partial charge in [-0.15, -0.1) is 0 Å². The molecule has 4 nitrogen and oxygen atoms in total. The second-order valence-electron chi connectivity index (χ2n) is 5.96. The van der Waals surface area contributed by atoms with Gasteiger partial charge in [0.05, 0.1) is 20.6 Å². The second kappa shape index (κ2) is 8.69. The molecule has 1 heterocycles. The van der Waals surface area contributed by atoms with Crippen LogP contribution in [0.4, 0.5) is 0 Å². The molecule has 3 rings (SSSR count). The summed E-state index contributed by atoms with van der Waals surface area (Å²) in [5.41, 5.74) is 2.11. The fraction of sp³-hybridized carbons (Fsp3) is 0.0952. The number of aromatic nitrogens is 1. The number of carbonyl (C=O) groups excluding carboxylic acids is 2. The van der Waals surface area contributed by atoms with E-state index in [1.54, 1.807) is 35.8 Å². The minimum absolute atomic E-state index is 0.108. The first-order chi connectivity index (χ1) is 13.4. The number of carbonyl (C=O) groups is 2. The van der Waals surface area contributed by atoms with Crippen molar-refractivity contribution in [3.8, 4) is 5.69 Å². The predicted molar refractivity (Wildman–Crippen MR) is 114 cm³/mol. The third kappa shape index (κ3) is 4.33. The summed E-state index contributed by atoms with van der Waals surface area (Å²) in [5, 5.41) is 0.705. The van der Waals surface area contributed by atoms with Crippen molar-refractivity contribution >= 4 is 52.3 Å². The zero-order valence-electron chi connectivity index (χ0n) is 15.1. The highest BCUT2D eigenvalue weighted by atomic mass is 35.5. The van der Waals surface area contributed by atoms with E-state index in [0.29, 0.717) is 31.1 Å². The SMILES string of the molecule is CC(=O)c1sc(=NC(=O)/C=C/c2ccccc2)n(-c2cccc(Cl)c2Cl)c1C. The Morgan fingerprint density at radius 1 is 1.07 bits per heavy atom. The first-order valence-electron chi connectivity index (χ1n) is 8.38. The Labute approximate surface area is 176 Å². The number of amides is 1. The maximum Gasteiger partial charge on any atom is 0.272 e. The number of hydrogen-bond acceptors (Lipinski definition) is 3. The molecule has 0 unspecified atom stereocenters. The first-order valence-corrected chi connectivity index (χ1v) is 9.95. The molecular formula is C21H16Cl2N2O2S. The van der Waals surface area contributed by atoms with E-state index >= 15 is 0 Å². The van der Waals surface area contributed by atoms with Gasteiger partial charge in [0.25, 0.3) is 5.91 Å². The number of benzene rings is 2. The predicted octanol–water partition coefficient (Wildman–Crippen LogP) is 5.50. The number of halogens is 2. The quantitative estimate of drug-likeness (QED) is 0.405. The summed E-state index contributed by atoms with van der Waals surface area (Å²) < 4.78 is 1.68. The summed E-state index contributed by atoms with van der Waals surface area (Å²) >= 11 is 13.7. The van der Waals surface area contributed by atoms with Crippen molar-refractivity contribution in [1.29, 1.82) is 0 Å². The third-order valence-electron chi connectivity index (χ3n) is 3.96. The standard InChI is InChI=1S/C21H16Cl2N2O2S/c1-13-20(14(2)26)28-21(25(13)17-10-6-9-16(22)19(17)23)24-18(27)12-11-15-7-4-3-5-8-15/h3-12H,1-2H3/b12-11+,24-21?. The van der Waals surface area contributed by atoms with Crippen molar-refractivity contribution in [2.24, 2.45) is 4.99 Å². The van der Waals surface area contributed by atoms with Gasteiger partial charge in [-0.05, 0) is 30.7 Å². The molecule has 0 bridgehead atoms. The van der Waals surface area contributed by atoms with Crippen molar-refractivity contribution in [3.05, 3.63) is 85.6 Å². The van der Waals surface area contributed by atoms with Crippen molar-refractivity contribution < 1.29 is 9.59 Å². The molecule has 0 fully saturated rings. The van der Waals surface area contributed by atoms with Gasteiger partial charge < -0.3 is 0 Å². The summed E-state index contributed by atoms with van der Waals surface area (Å²) in [5.74, 6) is -0.546. The zero-order valence-corrected chi connectivity index (χ0v) is 17.5.